The first kappa shape index (κ1) is 11.1. The van der Waals surface area contributed by atoms with Crippen molar-refractivity contribution < 1.29 is 23.2 Å². The molecule has 6 nitrogen and oxygen atoms in total. The van der Waals surface area contributed by atoms with Crippen molar-refractivity contribution in [1.82, 2.24) is 5.16 Å². The van der Waals surface area contributed by atoms with E-state index in [4.69, 9.17) is 24.8 Å². The number of nitrogens with zero attached hydrogens (tertiary/aromatic N) is 1. The van der Waals surface area contributed by atoms with Crippen molar-refractivity contribution in [1.29, 1.82) is 0 Å². The van der Waals surface area contributed by atoms with E-state index in [0.29, 0.717) is 11.1 Å². The molecule has 0 fully saturated rings. The molecule has 0 aliphatic heterocycles. The van der Waals surface area contributed by atoms with Crippen LogP contribution >= 0.6 is 0 Å². The molecule has 0 aromatic carbocycles. The Kier molecular flexibility index (Phi) is 2.75. The van der Waals surface area contributed by atoms with Gasteiger partial charge in [-0.2, -0.15) is 0 Å². The Hall–Kier alpha value is -2.42. The van der Waals surface area contributed by atoms with E-state index in [1.807, 2.05) is 0 Å². The van der Waals surface area contributed by atoms with E-state index in [1.54, 1.807) is 6.92 Å². The number of hydrogen-bond donors (Lipinski definition) is 0. The maximum absolute atomic E-state index is 11.6. The molecule has 0 radical (unpaired) electrons. The van der Waals surface area contributed by atoms with Crippen LogP contribution in [0.25, 0.3) is 11.0 Å². The summed E-state index contributed by atoms with van der Waals surface area (Å²) in [4.78, 5) is 11.6. The number of aryl methyl sites for hydroxylation is 1. The van der Waals surface area contributed by atoms with E-state index >= 15 is 0 Å². The highest BCUT2D eigenvalue weighted by Gasteiger charge is 2.26. The highest BCUT2D eigenvalue weighted by Crippen LogP contribution is 2.34. The molecule has 0 bridgehead atoms. The van der Waals surface area contributed by atoms with Crippen LogP contribution in [0.2, 0.25) is 0 Å². The first-order valence-corrected chi connectivity index (χ1v) is 4.72. The first-order valence-electron chi connectivity index (χ1n) is 4.72. The van der Waals surface area contributed by atoms with E-state index in [-0.39, 0.29) is 23.9 Å². The van der Waals surface area contributed by atoms with Crippen molar-refractivity contribution >= 4 is 16.9 Å². The third kappa shape index (κ3) is 1.72. The predicted octanol–water partition coefficient (Wildman–Crippen LogP) is 1.53. The SMILES string of the molecule is C#CCOC(=O)c1oc(OC)c2c(C)noc12. The molecule has 0 saturated carbocycles. The largest absolute Gasteiger partial charge is 0.468 e. The summed E-state index contributed by atoms with van der Waals surface area (Å²) in [6, 6.07) is 0. The van der Waals surface area contributed by atoms with Crippen molar-refractivity contribution in [3.05, 3.63) is 11.5 Å². The molecule has 0 aliphatic carbocycles. The van der Waals surface area contributed by atoms with Crippen LogP contribution in [-0.4, -0.2) is 24.8 Å². The topological polar surface area (TPSA) is 74.7 Å². The number of fused-ring (bicyclic) bond motifs is 1. The summed E-state index contributed by atoms with van der Waals surface area (Å²) >= 11 is 0. The van der Waals surface area contributed by atoms with E-state index in [0.717, 1.165) is 0 Å². The highest BCUT2D eigenvalue weighted by molar-refractivity contribution is 6.02. The Morgan fingerprint density at radius 3 is 3.00 bits per heavy atom. The number of hydrogen-bond acceptors (Lipinski definition) is 6. The minimum atomic E-state index is -0.715. The molecular formula is C11H9NO5. The van der Waals surface area contributed by atoms with Crippen molar-refractivity contribution in [2.45, 2.75) is 6.92 Å². The monoisotopic (exact) mass is 235 g/mol. The van der Waals surface area contributed by atoms with Gasteiger partial charge in [-0.15, -0.1) is 6.42 Å². The van der Waals surface area contributed by atoms with Crippen molar-refractivity contribution in [3.8, 4) is 18.3 Å². The van der Waals surface area contributed by atoms with Gasteiger partial charge >= 0.3 is 5.97 Å². The van der Waals surface area contributed by atoms with Gasteiger partial charge < -0.3 is 18.4 Å². The smallest absolute Gasteiger partial charge is 0.379 e. The molecule has 2 aromatic heterocycles. The quantitative estimate of drug-likeness (QED) is 0.593. The molecule has 6 heteroatoms. The fourth-order valence-corrected chi connectivity index (χ4v) is 1.41. The molecule has 17 heavy (non-hydrogen) atoms. The highest BCUT2D eigenvalue weighted by atomic mass is 16.6. The summed E-state index contributed by atoms with van der Waals surface area (Å²) in [6.45, 7) is 1.57. The van der Waals surface area contributed by atoms with E-state index in [1.165, 1.54) is 7.11 Å². The number of ether oxygens (including phenoxy) is 2. The Morgan fingerprint density at radius 1 is 1.59 bits per heavy atom. The third-order valence-corrected chi connectivity index (χ3v) is 2.13. The average Bonchev–Trinajstić information content (AvgIpc) is 2.87. The molecule has 0 aliphatic rings. The van der Waals surface area contributed by atoms with Crippen molar-refractivity contribution in [2.24, 2.45) is 0 Å². The number of rotatable bonds is 3. The first-order chi connectivity index (χ1) is 8.19. The number of terminal acetylenes is 1. The van der Waals surface area contributed by atoms with Gasteiger partial charge in [0.15, 0.2) is 6.61 Å². The van der Waals surface area contributed by atoms with Gasteiger partial charge in [-0.1, -0.05) is 11.1 Å². The maximum Gasteiger partial charge on any atom is 0.379 e. The van der Waals surface area contributed by atoms with Crippen molar-refractivity contribution in [3.63, 3.8) is 0 Å². The average molecular weight is 235 g/mol. The summed E-state index contributed by atoms with van der Waals surface area (Å²) in [7, 11) is 1.42. The molecule has 0 N–H and O–H groups in total. The van der Waals surface area contributed by atoms with Gasteiger partial charge in [-0.3, -0.25) is 0 Å². The van der Waals surface area contributed by atoms with Crippen LogP contribution in [0.5, 0.6) is 5.95 Å². The molecule has 0 unspecified atom stereocenters. The Balaban J connectivity index is 2.48. The second-order valence-corrected chi connectivity index (χ2v) is 3.18. The van der Waals surface area contributed by atoms with Gasteiger partial charge in [-0.05, 0) is 6.92 Å². The number of aromatic nitrogens is 1. The predicted molar refractivity (Wildman–Crippen MR) is 56.7 cm³/mol. The maximum atomic E-state index is 11.6. The Labute approximate surface area is 96.5 Å². The second-order valence-electron chi connectivity index (χ2n) is 3.18. The number of furan rings is 1. The van der Waals surface area contributed by atoms with E-state index in [2.05, 4.69) is 11.1 Å². The lowest BCUT2D eigenvalue weighted by molar-refractivity contribution is 0.0515. The van der Waals surface area contributed by atoms with Gasteiger partial charge in [0.25, 0.3) is 11.7 Å². The molecule has 2 heterocycles. The van der Waals surface area contributed by atoms with Gasteiger partial charge in [0.1, 0.15) is 5.39 Å². The number of carbonyl (C=O) groups is 1. The van der Waals surface area contributed by atoms with Crippen LogP contribution in [0.3, 0.4) is 0 Å². The lowest BCUT2D eigenvalue weighted by Gasteiger charge is -1.96. The van der Waals surface area contributed by atoms with E-state index < -0.39 is 5.97 Å². The molecule has 0 spiro atoms. The molecule has 2 rings (SSSR count). The number of esters is 1. The van der Waals surface area contributed by atoms with Crippen LogP contribution in [-0.2, 0) is 4.74 Å². The van der Waals surface area contributed by atoms with Crippen molar-refractivity contribution in [2.75, 3.05) is 13.7 Å². The van der Waals surface area contributed by atoms with Crippen LogP contribution in [0.1, 0.15) is 16.2 Å². The van der Waals surface area contributed by atoms with Crippen LogP contribution in [0, 0.1) is 19.3 Å². The molecule has 0 amide bonds. The number of carbonyl (C=O) groups excluding carboxylic acids is 1. The Morgan fingerprint density at radius 2 is 2.35 bits per heavy atom. The fourth-order valence-electron chi connectivity index (χ4n) is 1.41. The van der Waals surface area contributed by atoms with Gasteiger partial charge in [0.05, 0.1) is 12.8 Å². The minimum Gasteiger partial charge on any atom is -0.468 e. The van der Waals surface area contributed by atoms with Gasteiger partial charge in [0, 0.05) is 0 Å². The normalized spacial score (nSPS) is 10.2. The molecule has 88 valence electrons. The lowest BCUT2D eigenvalue weighted by atomic mass is 10.3. The summed E-state index contributed by atoms with van der Waals surface area (Å²) in [5.74, 6) is 1.52. The van der Waals surface area contributed by atoms with Crippen LogP contribution in [0.4, 0.5) is 0 Å². The zero-order valence-corrected chi connectivity index (χ0v) is 9.27. The van der Waals surface area contributed by atoms with Crippen LogP contribution in [0.15, 0.2) is 8.94 Å². The zero-order valence-electron chi connectivity index (χ0n) is 9.27. The zero-order chi connectivity index (χ0) is 12.4. The van der Waals surface area contributed by atoms with Gasteiger partial charge in [0.2, 0.25) is 5.58 Å². The molecule has 0 atom stereocenters. The third-order valence-electron chi connectivity index (χ3n) is 2.13. The minimum absolute atomic E-state index is 0.104. The van der Waals surface area contributed by atoms with Crippen LogP contribution < -0.4 is 4.74 Å². The summed E-state index contributed by atoms with van der Waals surface area (Å²) < 4.78 is 19.9. The Bertz CT molecular complexity index is 601. The molecule has 0 saturated heterocycles. The fraction of sp³-hybridized carbons (Fsp3) is 0.273. The molecule has 2 aromatic rings. The summed E-state index contributed by atoms with van der Waals surface area (Å²) in [6.07, 6.45) is 4.98. The number of methoxy groups -OCH3 is 1. The second kappa shape index (κ2) is 4.22. The lowest BCUT2D eigenvalue weighted by Crippen LogP contribution is -2.04. The summed E-state index contributed by atoms with van der Waals surface area (Å²) in [5, 5.41) is 4.24. The molecular weight excluding hydrogens is 226 g/mol. The standard InChI is InChI=1S/C11H9NO5/c1-4-5-15-10(13)9-8-7(6(2)12-17-8)11(14-3)16-9/h1H,5H2,2-3H3. The van der Waals surface area contributed by atoms with Gasteiger partial charge in [-0.25, -0.2) is 4.79 Å². The van der Waals surface area contributed by atoms with E-state index in [9.17, 15) is 4.79 Å². The summed E-state index contributed by atoms with van der Waals surface area (Å²) in [5.41, 5.74) is 0.762.